The summed E-state index contributed by atoms with van der Waals surface area (Å²) < 4.78 is 0. The number of aryl methyl sites for hydroxylation is 1. The molecule has 0 aliphatic heterocycles. The first-order valence-corrected chi connectivity index (χ1v) is 4.73. The van der Waals surface area contributed by atoms with Crippen LogP contribution in [0.4, 0.5) is 0 Å². The Balaban J connectivity index is 3.04. The average molecular weight is 195 g/mol. The lowest BCUT2D eigenvalue weighted by atomic mass is 9.98. The smallest absolute Gasteiger partial charge is 0.123 e. The minimum atomic E-state index is -0.292. The first-order chi connectivity index (χ1) is 6.57. The molecule has 0 heterocycles. The Morgan fingerprint density at radius 2 is 2.00 bits per heavy atom. The molecule has 78 valence electrons. The van der Waals surface area contributed by atoms with Gasteiger partial charge in [0, 0.05) is 18.2 Å². The summed E-state index contributed by atoms with van der Waals surface area (Å²) in [5.41, 5.74) is 8.42. The Bertz CT molecular complexity index is 323. The first kappa shape index (κ1) is 11.0. The summed E-state index contributed by atoms with van der Waals surface area (Å²) in [6.07, 6.45) is 0.468. The second kappa shape index (κ2) is 4.44. The number of benzene rings is 1. The molecule has 0 aliphatic carbocycles. The van der Waals surface area contributed by atoms with Crippen molar-refractivity contribution in [2.75, 3.05) is 6.61 Å². The third kappa shape index (κ3) is 2.05. The molecule has 0 fully saturated rings. The van der Waals surface area contributed by atoms with Gasteiger partial charge in [0.05, 0.1) is 0 Å². The van der Waals surface area contributed by atoms with Crippen LogP contribution >= 0.6 is 0 Å². The highest BCUT2D eigenvalue weighted by Gasteiger charge is 2.12. The summed E-state index contributed by atoms with van der Waals surface area (Å²) in [5, 5.41) is 18.6. The van der Waals surface area contributed by atoms with Crippen LogP contribution < -0.4 is 5.73 Å². The van der Waals surface area contributed by atoms with Gasteiger partial charge in [-0.2, -0.15) is 0 Å². The zero-order valence-corrected chi connectivity index (χ0v) is 8.62. The van der Waals surface area contributed by atoms with E-state index in [1.165, 1.54) is 0 Å². The molecule has 0 radical (unpaired) electrons. The normalized spacial score (nSPS) is 12.9. The topological polar surface area (TPSA) is 66.5 Å². The molecule has 14 heavy (non-hydrogen) atoms. The van der Waals surface area contributed by atoms with E-state index in [1.54, 1.807) is 0 Å². The number of aromatic hydroxyl groups is 1. The fraction of sp³-hybridized carbons (Fsp3) is 0.455. The summed E-state index contributed by atoms with van der Waals surface area (Å²) in [7, 11) is 0. The Morgan fingerprint density at radius 1 is 1.36 bits per heavy atom. The number of nitrogens with two attached hydrogens (primary N) is 1. The summed E-state index contributed by atoms with van der Waals surface area (Å²) in [6, 6.07) is 3.46. The maximum atomic E-state index is 9.81. The molecule has 0 unspecified atom stereocenters. The van der Waals surface area contributed by atoms with Crippen LogP contribution in [-0.2, 0) is 0 Å². The Kier molecular flexibility index (Phi) is 3.49. The van der Waals surface area contributed by atoms with Crippen LogP contribution in [0.5, 0.6) is 5.75 Å². The molecule has 0 aliphatic rings. The lowest BCUT2D eigenvalue weighted by molar-refractivity contribution is 0.275. The van der Waals surface area contributed by atoms with Crippen LogP contribution in [0, 0.1) is 13.8 Å². The van der Waals surface area contributed by atoms with E-state index in [2.05, 4.69) is 0 Å². The quantitative estimate of drug-likeness (QED) is 0.682. The van der Waals surface area contributed by atoms with Gasteiger partial charge >= 0.3 is 0 Å². The molecule has 1 aromatic carbocycles. The molecule has 3 nitrogen and oxygen atoms in total. The number of aliphatic hydroxyl groups is 1. The average Bonchev–Trinajstić information content (AvgIpc) is 2.15. The molecule has 0 bridgehead atoms. The van der Waals surface area contributed by atoms with Crippen molar-refractivity contribution in [1.29, 1.82) is 0 Å². The Hall–Kier alpha value is -1.06. The molecular weight excluding hydrogens is 178 g/mol. The molecule has 0 aromatic heterocycles. The molecular formula is C11H17NO2. The van der Waals surface area contributed by atoms with Crippen LogP contribution in [0.25, 0.3) is 0 Å². The molecule has 4 N–H and O–H groups in total. The minimum Gasteiger partial charge on any atom is -0.507 e. The van der Waals surface area contributed by atoms with Crippen molar-refractivity contribution in [2.24, 2.45) is 5.73 Å². The lowest BCUT2D eigenvalue weighted by Crippen LogP contribution is -2.12. The zero-order valence-electron chi connectivity index (χ0n) is 8.62. The van der Waals surface area contributed by atoms with Gasteiger partial charge in [0.15, 0.2) is 0 Å². The second-order valence-electron chi connectivity index (χ2n) is 3.56. The van der Waals surface area contributed by atoms with E-state index in [0.717, 1.165) is 11.1 Å². The Morgan fingerprint density at radius 3 is 2.57 bits per heavy atom. The summed E-state index contributed by atoms with van der Waals surface area (Å²) in [4.78, 5) is 0. The van der Waals surface area contributed by atoms with E-state index in [9.17, 15) is 5.11 Å². The SMILES string of the molecule is Cc1ccc([C@H](N)CCO)c(O)c1C. The van der Waals surface area contributed by atoms with Crippen LogP contribution in [0.1, 0.15) is 29.2 Å². The number of phenolic OH excluding ortho intramolecular Hbond substituents is 1. The number of hydrogen-bond donors (Lipinski definition) is 3. The van der Waals surface area contributed by atoms with Gasteiger partial charge < -0.3 is 15.9 Å². The highest BCUT2D eigenvalue weighted by molar-refractivity contribution is 5.45. The summed E-state index contributed by atoms with van der Waals surface area (Å²) in [5.74, 6) is 0.256. The van der Waals surface area contributed by atoms with Crippen molar-refractivity contribution in [2.45, 2.75) is 26.3 Å². The third-order valence-corrected chi connectivity index (χ3v) is 2.57. The van der Waals surface area contributed by atoms with E-state index in [1.807, 2.05) is 26.0 Å². The van der Waals surface area contributed by atoms with Crippen molar-refractivity contribution >= 4 is 0 Å². The molecule has 0 amide bonds. The molecule has 1 atom stereocenters. The molecule has 3 heteroatoms. The van der Waals surface area contributed by atoms with Gasteiger partial charge in [-0.25, -0.2) is 0 Å². The van der Waals surface area contributed by atoms with Gasteiger partial charge in [0.2, 0.25) is 0 Å². The maximum Gasteiger partial charge on any atom is 0.123 e. The van der Waals surface area contributed by atoms with Crippen LogP contribution in [-0.4, -0.2) is 16.8 Å². The van der Waals surface area contributed by atoms with E-state index >= 15 is 0 Å². The van der Waals surface area contributed by atoms with Crippen LogP contribution in [0.3, 0.4) is 0 Å². The predicted octanol–water partition coefficient (Wildman–Crippen LogP) is 1.39. The second-order valence-corrected chi connectivity index (χ2v) is 3.56. The van der Waals surface area contributed by atoms with E-state index < -0.39 is 0 Å². The molecule has 0 saturated heterocycles. The minimum absolute atomic E-state index is 0.0352. The number of aliphatic hydroxyl groups excluding tert-OH is 1. The van der Waals surface area contributed by atoms with Gasteiger partial charge in [0.1, 0.15) is 5.75 Å². The van der Waals surface area contributed by atoms with Gasteiger partial charge in [-0.15, -0.1) is 0 Å². The van der Waals surface area contributed by atoms with E-state index in [-0.39, 0.29) is 18.4 Å². The van der Waals surface area contributed by atoms with E-state index in [0.29, 0.717) is 12.0 Å². The van der Waals surface area contributed by atoms with Crippen LogP contribution in [0.2, 0.25) is 0 Å². The largest absolute Gasteiger partial charge is 0.507 e. The van der Waals surface area contributed by atoms with Gasteiger partial charge in [0.25, 0.3) is 0 Å². The Labute approximate surface area is 84.2 Å². The first-order valence-electron chi connectivity index (χ1n) is 4.73. The van der Waals surface area contributed by atoms with Crippen molar-refractivity contribution in [3.8, 4) is 5.75 Å². The van der Waals surface area contributed by atoms with Gasteiger partial charge in [-0.05, 0) is 31.4 Å². The fourth-order valence-electron chi connectivity index (χ4n) is 1.42. The zero-order chi connectivity index (χ0) is 10.7. The standard InChI is InChI=1S/C11H17NO2/c1-7-3-4-9(10(12)5-6-13)11(14)8(7)2/h3-4,10,13-14H,5-6,12H2,1-2H3/t10-/m1/s1. The molecule has 1 rings (SSSR count). The van der Waals surface area contributed by atoms with Crippen molar-refractivity contribution in [1.82, 2.24) is 0 Å². The van der Waals surface area contributed by atoms with Gasteiger partial charge in [-0.1, -0.05) is 12.1 Å². The molecule has 0 spiro atoms. The third-order valence-electron chi connectivity index (χ3n) is 2.57. The summed E-state index contributed by atoms with van der Waals surface area (Å²) in [6.45, 7) is 3.84. The number of phenols is 1. The van der Waals surface area contributed by atoms with E-state index in [4.69, 9.17) is 10.8 Å². The maximum absolute atomic E-state index is 9.81. The lowest BCUT2D eigenvalue weighted by Gasteiger charge is -2.15. The van der Waals surface area contributed by atoms with Crippen molar-refractivity contribution < 1.29 is 10.2 Å². The van der Waals surface area contributed by atoms with Crippen molar-refractivity contribution in [3.63, 3.8) is 0 Å². The number of rotatable bonds is 3. The highest BCUT2D eigenvalue weighted by atomic mass is 16.3. The molecule has 1 aromatic rings. The predicted molar refractivity (Wildman–Crippen MR) is 56.2 cm³/mol. The number of hydrogen-bond acceptors (Lipinski definition) is 3. The van der Waals surface area contributed by atoms with Gasteiger partial charge in [-0.3, -0.25) is 0 Å². The van der Waals surface area contributed by atoms with Crippen LogP contribution in [0.15, 0.2) is 12.1 Å². The molecule has 0 saturated carbocycles. The summed E-state index contributed by atoms with van der Waals surface area (Å²) >= 11 is 0. The monoisotopic (exact) mass is 195 g/mol. The van der Waals surface area contributed by atoms with Crippen molar-refractivity contribution in [3.05, 3.63) is 28.8 Å². The highest BCUT2D eigenvalue weighted by Crippen LogP contribution is 2.29. The fourth-order valence-corrected chi connectivity index (χ4v) is 1.42.